The molecule has 0 bridgehead atoms. The summed E-state index contributed by atoms with van der Waals surface area (Å²) >= 11 is 0. The quantitative estimate of drug-likeness (QED) is 0.533. The molecular weight excluding hydrogens is 498 g/mol. The van der Waals surface area contributed by atoms with Gasteiger partial charge in [0.05, 0.1) is 12.6 Å². The maximum atomic E-state index is 13.1. The molecule has 3 heterocycles. The van der Waals surface area contributed by atoms with E-state index < -0.39 is 24.1 Å². The molecule has 5 rings (SSSR count). The molecular formula is C30H39N3O6. The molecule has 0 aliphatic carbocycles. The first-order chi connectivity index (χ1) is 18.6. The van der Waals surface area contributed by atoms with Gasteiger partial charge in [-0.05, 0) is 75.6 Å². The van der Waals surface area contributed by atoms with E-state index in [9.17, 15) is 19.8 Å². The second-order valence-corrected chi connectivity index (χ2v) is 11.8. The molecule has 3 aliphatic heterocycles. The molecule has 9 nitrogen and oxygen atoms in total. The van der Waals surface area contributed by atoms with Gasteiger partial charge in [0, 0.05) is 24.2 Å². The summed E-state index contributed by atoms with van der Waals surface area (Å²) in [6.07, 6.45) is 0.837. The Morgan fingerprint density at radius 1 is 1.03 bits per heavy atom. The predicted molar refractivity (Wildman–Crippen MR) is 145 cm³/mol. The minimum Gasteiger partial charge on any atom is -0.489 e. The second-order valence-electron chi connectivity index (χ2n) is 11.8. The molecule has 2 aromatic rings. The number of amides is 2. The summed E-state index contributed by atoms with van der Waals surface area (Å²) in [6, 6.07) is 13.5. The highest BCUT2D eigenvalue weighted by Crippen LogP contribution is 2.35. The SMILES string of the molecule is CC(C)(C)OC(=O)N1CCC(c2ccc(COc3cccc4c3CN(C3CCC(O)NC3O)C4=O)cc2)CC1. The number of aliphatic hydroxyl groups is 2. The Morgan fingerprint density at radius 2 is 1.74 bits per heavy atom. The minimum absolute atomic E-state index is 0.125. The summed E-state index contributed by atoms with van der Waals surface area (Å²) in [4.78, 5) is 28.9. The van der Waals surface area contributed by atoms with Gasteiger partial charge in [-0.3, -0.25) is 10.1 Å². The maximum absolute atomic E-state index is 13.1. The Bertz CT molecular complexity index is 1190. The summed E-state index contributed by atoms with van der Waals surface area (Å²) in [6.45, 7) is 7.77. The maximum Gasteiger partial charge on any atom is 0.410 e. The number of piperidine rings is 2. The third kappa shape index (κ3) is 6.21. The molecule has 3 N–H and O–H groups in total. The van der Waals surface area contributed by atoms with Crippen LogP contribution >= 0.6 is 0 Å². The van der Waals surface area contributed by atoms with Gasteiger partial charge in [0.1, 0.15) is 30.4 Å². The molecule has 0 aromatic heterocycles. The lowest BCUT2D eigenvalue weighted by Crippen LogP contribution is -2.56. The standard InChI is InChI=1S/C30H39N3O6/c1-30(2,3)39-29(37)32-15-13-21(14-16-32)20-9-7-19(8-10-20)18-38-25-6-4-5-22-23(25)17-33(28(22)36)24-11-12-26(34)31-27(24)35/h4-10,21,24,26-27,31,34-35H,11-18H2,1-3H3. The highest BCUT2D eigenvalue weighted by Gasteiger charge is 2.40. The van der Waals surface area contributed by atoms with Crippen LogP contribution in [0.4, 0.5) is 4.79 Å². The molecule has 210 valence electrons. The van der Waals surface area contributed by atoms with Crippen LogP contribution in [0.2, 0.25) is 0 Å². The average Bonchev–Trinajstić information content (AvgIpc) is 3.23. The van der Waals surface area contributed by atoms with Gasteiger partial charge < -0.3 is 29.5 Å². The Labute approximate surface area is 229 Å². The van der Waals surface area contributed by atoms with Crippen LogP contribution in [-0.2, 0) is 17.9 Å². The topological polar surface area (TPSA) is 112 Å². The monoisotopic (exact) mass is 537 g/mol. The summed E-state index contributed by atoms with van der Waals surface area (Å²) in [5, 5.41) is 22.9. The van der Waals surface area contributed by atoms with Crippen LogP contribution in [0.1, 0.15) is 79.4 Å². The fraction of sp³-hybridized carbons (Fsp3) is 0.533. The van der Waals surface area contributed by atoms with Gasteiger partial charge in [-0.1, -0.05) is 30.3 Å². The molecule has 0 saturated carbocycles. The molecule has 2 saturated heterocycles. The number of hydrogen-bond donors (Lipinski definition) is 3. The van der Waals surface area contributed by atoms with E-state index in [0.29, 0.717) is 56.3 Å². The minimum atomic E-state index is -0.973. The number of carbonyl (C=O) groups excluding carboxylic acids is 2. The van der Waals surface area contributed by atoms with E-state index in [1.807, 2.05) is 32.9 Å². The first-order valence-electron chi connectivity index (χ1n) is 13.8. The average molecular weight is 538 g/mol. The molecule has 0 radical (unpaired) electrons. The number of nitrogens with zero attached hydrogens (tertiary/aromatic N) is 2. The number of benzene rings is 2. The zero-order chi connectivity index (χ0) is 27.7. The van der Waals surface area contributed by atoms with Crippen LogP contribution in [0.15, 0.2) is 42.5 Å². The van der Waals surface area contributed by atoms with E-state index in [1.54, 1.807) is 15.9 Å². The molecule has 2 amide bonds. The Kier molecular flexibility index (Phi) is 7.84. The van der Waals surface area contributed by atoms with Crippen molar-refractivity contribution in [3.05, 3.63) is 64.7 Å². The molecule has 3 aliphatic rings. The van der Waals surface area contributed by atoms with E-state index in [4.69, 9.17) is 9.47 Å². The van der Waals surface area contributed by atoms with Gasteiger partial charge >= 0.3 is 6.09 Å². The van der Waals surface area contributed by atoms with Crippen LogP contribution in [0.25, 0.3) is 0 Å². The van der Waals surface area contributed by atoms with E-state index in [0.717, 1.165) is 24.0 Å². The van der Waals surface area contributed by atoms with Crippen molar-refractivity contribution in [3.63, 3.8) is 0 Å². The fourth-order valence-electron chi connectivity index (χ4n) is 5.70. The number of hydrogen-bond acceptors (Lipinski definition) is 7. The zero-order valence-corrected chi connectivity index (χ0v) is 22.9. The van der Waals surface area contributed by atoms with E-state index >= 15 is 0 Å². The van der Waals surface area contributed by atoms with Gasteiger partial charge in [-0.2, -0.15) is 0 Å². The molecule has 0 spiro atoms. The lowest BCUT2D eigenvalue weighted by Gasteiger charge is -2.37. The Hall–Kier alpha value is -3.14. The van der Waals surface area contributed by atoms with E-state index in [2.05, 4.69) is 29.6 Å². The fourth-order valence-corrected chi connectivity index (χ4v) is 5.70. The predicted octanol–water partition coefficient (Wildman–Crippen LogP) is 3.72. The van der Waals surface area contributed by atoms with Crippen molar-refractivity contribution in [1.82, 2.24) is 15.1 Å². The second kappa shape index (κ2) is 11.2. The van der Waals surface area contributed by atoms with Crippen molar-refractivity contribution in [1.29, 1.82) is 0 Å². The number of fused-ring (bicyclic) bond motifs is 1. The van der Waals surface area contributed by atoms with Crippen molar-refractivity contribution >= 4 is 12.0 Å². The number of likely N-dealkylation sites (tertiary alicyclic amines) is 1. The van der Waals surface area contributed by atoms with Crippen molar-refractivity contribution in [2.24, 2.45) is 0 Å². The lowest BCUT2D eigenvalue weighted by atomic mass is 9.89. The summed E-state index contributed by atoms with van der Waals surface area (Å²) in [5.41, 5.74) is 3.23. The van der Waals surface area contributed by atoms with Crippen molar-refractivity contribution < 1.29 is 29.3 Å². The van der Waals surface area contributed by atoms with Crippen molar-refractivity contribution in [2.75, 3.05) is 13.1 Å². The largest absolute Gasteiger partial charge is 0.489 e. The Morgan fingerprint density at radius 3 is 2.41 bits per heavy atom. The molecule has 3 atom stereocenters. The Balaban J connectivity index is 1.16. The van der Waals surface area contributed by atoms with Crippen molar-refractivity contribution in [2.45, 2.75) is 89.6 Å². The summed E-state index contributed by atoms with van der Waals surface area (Å²) in [7, 11) is 0. The third-order valence-electron chi connectivity index (χ3n) is 7.81. The number of rotatable bonds is 5. The molecule has 3 unspecified atom stereocenters. The highest BCUT2D eigenvalue weighted by atomic mass is 16.6. The van der Waals surface area contributed by atoms with Crippen LogP contribution in [-0.4, -0.2) is 69.2 Å². The smallest absolute Gasteiger partial charge is 0.410 e. The lowest BCUT2D eigenvalue weighted by molar-refractivity contribution is -0.0478. The number of nitrogens with one attached hydrogen (secondary N) is 1. The number of carbonyl (C=O) groups is 2. The van der Waals surface area contributed by atoms with Crippen LogP contribution in [0.3, 0.4) is 0 Å². The summed E-state index contributed by atoms with van der Waals surface area (Å²) < 4.78 is 11.7. The molecule has 39 heavy (non-hydrogen) atoms. The first-order valence-corrected chi connectivity index (χ1v) is 13.8. The number of aliphatic hydroxyl groups excluding tert-OH is 2. The first kappa shape index (κ1) is 27.4. The molecule has 9 heteroatoms. The number of ether oxygens (including phenoxy) is 2. The van der Waals surface area contributed by atoms with Gasteiger partial charge in [0.2, 0.25) is 0 Å². The van der Waals surface area contributed by atoms with Crippen LogP contribution < -0.4 is 10.1 Å². The third-order valence-corrected chi connectivity index (χ3v) is 7.81. The van der Waals surface area contributed by atoms with Gasteiger partial charge in [-0.25, -0.2) is 4.79 Å². The molecule has 2 aromatic carbocycles. The normalized spacial score (nSPS) is 24.0. The van der Waals surface area contributed by atoms with E-state index in [1.165, 1.54) is 5.56 Å². The van der Waals surface area contributed by atoms with E-state index in [-0.39, 0.29) is 12.0 Å². The zero-order valence-electron chi connectivity index (χ0n) is 22.9. The van der Waals surface area contributed by atoms with Crippen molar-refractivity contribution in [3.8, 4) is 5.75 Å². The van der Waals surface area contributed by atoms with Crippen LogP contribution in [0, 0.1) is 0 Å². The van der Waals surface area contributed by atoms with Gasteiger partial charge in [0.25, 0.3) is 5.91 Å². The molecule has 2 fully saturated rings. The van der Waals surface area contributed by atoms with Gasteiger partial charge in [-0.15, -0.1) is 0 Å². The summed E-state index contributed by atoms with van der Waals surface area (Å²) in [5.74, 6) is 0.943. The van der Waals surface area contributed by atoms with Crippen LogP contribution in [0.5, 0.6) is 5.75 Å². The van der Waals surface area contributed by atoms with Gasteiger partial charge in [0.15, 0.2) is 0 Å². The highest BCUT2D eigenvalue weighted by molar-refractivity contribution is 5.99.